The molecule has 6 heteroatoms. The van der Waals surface area contributed by atoms with Gasteiger partial charge in [-0.1, -0.05) is 0 Å². The number of rotatable bonds is 2. The zero-order valence-electron chi connectivity index (χ0n) is 8.91. The molecule has 0 unspecified atom stereocenters. The normalized spacial score (nSPS) is 11.1. The van der Waals surface area contributed by atoms with Crippen molar-refractivity contribution in [3.63, 3.8) is 0 Å². The standard InChI is InChI=1S/C11H8N2O3S/c1-17(14,15)11-5-8(7-13-9(11)6-12)10-3-2-4-16-10/h2-5,7H,1H3. The van der Waals surface area contributed by atoms with Crippen LogP contribution in [0.3, 0.4) is 0 Å². The van der Waals surface area contributed by atoms with Crippen molar-refractivity contribution in [3.05, 3.63) is 36.4 Å². The molecule has 2 heterocycles. The van der Waals surface area contributed by atoms with Crippen LogP contribution in [0.1, 0.15) is 5.69 Å². The third kappa shape index (κ3) is 2.19. The van der Waals surface area contributed by atoms with E-state index in [1.54, 1.807) is 18.2 Å². The van der Waals surface area contributed by atoms with Gasteiger partial charge in [-0.05, 0) is 18.2 Å². The largest absolute Gasteiger partial charge is 0.464 e. The summed E-state index contributed by atoms with van der Waals surface area (Å²) in [5, 5.41) is 8.80. The van der Waals surface area contributed by atoms with Crippen LogP contribution in [0.15, 0.2) is 40.0 Å². The molecule has 17 heavy (non-hydrogen) atoms. The molecule has 0 aliphatic rings. The van der Waals surface area contributed by atoms with Crippen LogP contribution in [-0.4, -0.2) is 19.7 Å². The Hall–Kier alpha value is -2.13. The Labute approximate surface area is 98.3 Å². The van der Waals surface area contributed by atoms with Gasteiger partial charge in [0.2, 0.25) is 0 Å². The topological polar surface area (TPSA) is 84.0 Å². The molecule has 0 aliphatic carbocycles. The first-order chi connectivity index (χ1) is 8.02. The lowest BCUT2D eigenvalue weighted by Gasteiger charge is -2.02. The van der Waals surface area contributed by atoms with Crippen LogP contribution in [0.2, 0.25) is 0 Å². The van der Waals surface area contributed by atoms with Crippen LogP contribution in [0, 0.1) is 11.3 Å². The minimum absolute atomic E-state index is 0.0890. The van der Waals surface area contributed by atoms with Crippen molar-refractivity contribution in [1.29, 1.82) is 5.26 Å². The summed E-state index contributed by atoms with van der Waals surface area (Å²) in [7, 11) is -3.49. The molecule has 2 aromatic heterocycles. The van der Waals surface area contributed by atoms with Crippen LogP contribution in [-0.2, 0) is 9.84 Å². The van der Waals surface area contributed by atoms with E-state index in [1.807, 2.05) is 0 Å². The first-order valence-electron chi connectivity index (χ1n) is 4.66. The summed E-state index contributed by atoms with van der Waals surface area (Å²) in [6.45, 7) is 0. The molecule has 86 valence electrons. The van der Waals surface area contributed by atoms with E-state index >= 15 is 0 Å². The van der Waals surface area contributed by atoms with E-state index in [9.17, 15) is 8.42 Å². The van der Waals surface area contributed by atoms with Crippen molar-refractivity contribution < 1.29 is 12.8 Å². The van der Waals surface area contributed by atoms with Crippen LogP contribution in [0.4, 0.5) is 0 Å². The van der Waals surface area contributed by atoms with Crippen molar-refractivity contribution in [2.45, 2.75) is 4.90 Å². The Morgan fingerprint density at radius 3 is 2.76 bits per heavy atom. The fraction of sp³-hybridized carbons (Fsp3) is 0.0909. The SMILES string of the molecule is CS(=O)(=O)c1cc(-c2ccco2)cnc1C#N. The maximum Gasteiger partial charge on any atom is 0.178 e. The van der Waals surface area contributed by atoms with Gasteiger partial charge in [-0.25, -0.2) is 13.4 Å². The Morgan fingerprint density at radius 1 is 1.47 bits per heavy atom. The zero-order valence-corrected chi connectivity index (χ0v) is 9.73. The average Bonchev–Trinajstić information content (AvgIpc) is 2.80. The van der Waals surface area contributed by atoms with Crippen molar-refractivity contribution in [3.8, 4) is 17.4 Å². The van der Waals surface area contributed by atoms with Gasteiger partial charge in [0, 0.05) is 18.0 Å². The Bertz CT molecular complexity index is 682. The molecule has 0 aromatic carbocycles. The molecule has 0 radical (unpaired) electrons. The number of nitrogens with zero attached hydrogens (tertiary/aromatic N) is 2. The molecule has 0 amide bonds. The van der Waals surface area contributed by atoms with Gasteiger partial charge >= 0.3 is 0 Å². The second-order valence-corrected chi connectivity index (χ2v) is 5.42. The van der Waals surface area contributed by atoms with E-state index in [2.05, 4.69) is 4.98 Å². The molecule has 2 aromatic rings. The highest BCUT2D eigenvalue weighted by Crippen LogP contribution is 2.23. The average molecular weight is 248 g/mol. The zero-order chi connectivity index (χ0) is 12.5. The molecule has 0 N–H and O–H groups in total. The predicted molar refractivity (Wildman–Crippen MR) is 59.8 cm³/mol. The second kappa shape index (κ2) is 4.03. The minimum atomic E-state index is -3.49. The molecule has 5 nitrogen and oxygen atoms in total. The number of hydrogen-bond donors (Lipinski definition) is 0. The summed E-state index contributed by atoms with van der Waals surface area (Å²) in [6.07, 6.45) is 3.93. The molecule has 2 rings (SSSR count). The fourth-order valence-corrected chi connectivity index (χ4v) is 2.18. The first-order valence-corrected chi connectivity index (χ1v) is 6.55. The van der Waals surface area contributed by atoms with Crippen molar-refractivity contribution in [2.75, 3.05) is 6.26 Å². The molecule has 0 saturated carbocycles. The Kier molecular flexibility index (Phi) is 2.69. The van der Waals surface area contributed by atoms with Gasteiger partial charge in [0.1, 0.15) is 16.7 Å². The maximum absolute atomic E-state index is 11.5. The van der Waals surface area contributed by atoms with Gasteiger partial charge in [0.05, 0.1) is 6.26 Å². The van der Waals surface area contributed by atoms with Gasteiger partial charge in [-0.3, -0.25) is 0 Å². The van der Waals surface area contributed by atoms with E-state index in [0.29, 0.717) is 11.3 Å². The van der Waals surface area contributed by atoms with Gasteiger partial charge in [-0.15, -0.1) is 0 Å². The molecule has 0 atom stereocenters. The van der Waals surface area contributed by atoms with E-state index in [0.717, 1.165) is 6.26 Å². The van der Waals surface area contributed by atoms with Crippen LogP contribution in [0.5, 0.6) is 0 Å². The monoisotopic (exact) mass is 248 g/mol. The third-order valence-corrected chi connectivity index (χ3v) is 3.27. The van der Waals surface area contributed by atoms with Crippen LogP contribution >= 0.6 is 0 Å². The quantitative estimate of drug-likeness (QED) is 0.806. The summed E-state index contributed by atoms with van der Waals surface area (Å²) in [4.78, 5) is 3.73. The summed E-state index contributed by atoms with van der Waals surface area (Å²) >= 11 is 0. The van der Waals surface area contributed by atoms with Crippen molar-refractivity contribution in [1.82, 2.24) is 4.98 Å². The summed E-state index contributed by atoms with van der Waals surface area (Å²) in [5.41, 5.74) is 0.414. The van der Waals surface area contributed by atoms with Gasteiger partial charge in [0.15, 0.2) is 15.5 Å². The minimum Gasteiger partial charge on any atom is -0.464 e. The number of nitriles is 1. The summed E-state index contributed by atoms with van der Waals surface area (Å²) in [5.74, 6) is 0.506. The molecule has 0 saturated heterocycles. The lowest BCUT2D eigenvalue weighted by Crippen LogP contribution is -2.02. The van der Waals surface area contributed by atoms with Gasteiger partial charge in [0.25, 0.3) is 0 Å². The fourth-order valence-electron chi connectivity index (χ4n) is 1.39. The number of pyridine rings is 1. The third-order valence-electron chi connectivity index (χ3n) is 2.16. The van der Waals surface area contributed by atoms with Crippen LogP contribution in [0.25, 0.3) is 11.3 Å². The van der Waals surface area contributed by atoms with E-state index in [4.69, 9.17) is 9.68 Å². The van der Waals surface area contributed by atoms with Gasteiger partial charge in [-0.2, -0.15) is 5.26 Å². The Balaban J connectivity index is 2.66. The molecule has 0 bridgehead atoms. The highest BCUT2D eigenvalue weighted by molar-refractivity contribution is 7.90. The number of sulfone groups is 1. The molecular weight excluding hydrogens is 240 g/mol. The van der Waals surface area contributed by atoms with E-state index in [-0.39, 0.29) is 10.6 Å². The smallest absolute Gasteiger partial charge is 0.178 e. The maximum atomic E-state index is 11.5. The second-order valence-electron chi connectivity index (χ2n) is 3.43. The molecular formula is C11H8N2O3S. The summed E-state index contributed by atoms with van der Waals surface area (Å²) in [6, 6.07) is 6.52. The lowest BCUT2D eigenvalue weighted by atomic mass is 10.2. The molecule has 0 aliphatic heterocycles. The number of furan rings is 1. The highest BCUT2D eigenvalue weighted by Gasteiger charge is 2.16. The van der Waals surface area contributed by atoms with E-state index in [1.165, 1.54) is 18.5 Å². The van der Waals surface area contributed by atoms with Gasteiger partial charge < -0.3 is 4.42 Å². The van der Waals surface area contributed by atoms with Crippen LogP contribution < -0.4 is 0 Å². The van der Waals surface area contributed by atoms with E-state index < -0.39 is 9.84 Å². The first kappa shape index (κ1) is 11.4. The predicted octanol–water partition coefficient (Wildman–Crippen LogP) is 1.62. The summed E-state index contributed by atoms with van der Waals surface area (Å²) < 4.78 is 28.2. The Morgan fingerprint density at radius 2 is 2.24 bits per heavy atom. The highest BCUT2D eigenvalue weighted by atomic mass is 32.2. The molecule has 0 fully saturated rings. The van der Waals surface area contributed by atoms with Crippen molar-refractivity contribution in [2.24, 2.45) is 0 Å². The lowest BCUT2D eigenvalue weighted by molar-refractivity contribution is 0.581. The van der Waals surface area contributed by atoms with Crippen molar-refractivity contribution >= 4 is 9.84 Å². The number of hydrogen-bond acceptors (Lipinski definition) is 5. The number of aromatic nitrogens is 1. The molecule has 0 spiro atoms.